The van der Waals surface area contributed by atoms with Crippen molar-refractivity contribution >= 4 is 11.4 Å². The molecule has 182 valence electrons. The first kappa shape index (κ1) is 24.4. The largest absolute Gasteiger partial charge is 0.573 e. The van der Waals surface area contributed by atoms with Crippen LogP contribution in [0.3, 0.4) is 0 Å². The van der Waals surface area contributed by atoms with Crippen molar-refractivity contribution in [2.24, 2.45) is 0 Å². The van der Waals surface area contributed by atoms with E-state index >= 15 is 0 Å². The highest BCUT2D eigenvalue weighted by Gasteiger charge is 2.34. The summed E-state index contributed by atoms with van der Waals surface area (Å²) in [6, 6.07) is 22.1. The summed E-state index contributed by atoms with van der Waals surface area (Å²) in [4.78, 5) is 3.93. The summed E-state index contributed by atoms with van der Waals surface area (Å²) in [6.45, 7) is -0.174. The van der Waals surface area contributed by atoms with E-state index in [1.165, 1.54) is 18.2 Å². The predicted octanol–water partition coefficient (Wildman–Crippen LogP) is 5.36. The van der Waals surface area contributed by atoms with Gasteiger partial charge in [0.15, 0.2) is 0 Å². The van der Waals surface area contributed by atoms with Crippen LogP contribution in [0.5, 0.6) is 5.75 Å². The summed E-state index contributed by atoms with van der Waals surface area (Å²) in [5.74, 6) is -0.300. The Morgan fingerprint density at radius 2 is 1.77 bits per heavy atom. The Labute approximate surface area is 200 Å². The summed E-state index contributed by atoms with van der Waals surface area (Å²) in [7, 11) is 0. The number of hydrogen-bond donors (Lipinski definition) is 1. The van der Waals surface area contributed by atoms with Gasteiger partial charge in [0.05, 0.1) is 35.2 Å². The van der Waals surface area contributed by atoms with E-state index in [2.05, 4.69) is 10.8 Å². The van der Waals surface area contributed by atoms with Crippen LogP contribution in [0, 0.1) is 11.3 Å². The number of benzene rings is 3. The molecule has 35 heavy (non-hydrogen) atoms. The summed E-state index contributed by atoms with van der Waals surface area (Å²) in [6.07, 6.45) is -5.99. The lowest BCUT2D eigenvalue weighted by Gasteiger charge is -2.45. The van der Waals surface area contributed by atoms with E-state index in [0.29, 0.717) is 24.2 Å². The van der Waals surface area contributed by atoms with Gasteiger partial charge in [-0.25, -0.2) is 4.39 Å². The minimum atomic E-state index is -4.79. The Bertz CT molecular complexity index is 1210. The van der Waals surface area contributed by atoms with Gasteiger partial charge in [-0.1, -0.05) is 36.4 Å². The number of nitrogens with zero attached hydrogens (tertiary/aromatic N) is 3. The lowest BCUT2D eigenvalue weighted by molar-refractivity contribution is -0.274. The predicted molar refractivity (Wildman–Crippen MR) is 124 cm³/mol. The molecule has 3 aromatic carbocycles. The maximum atomic E-state index is 13.3. The molecule has 3 aromatic rings. The van der Waals surface area contributed by atoms with E-state index in [-0.39, 0.29) is 18.3 Å². The fraction of sp³-hybridized carbons (Fsp3) is 0.269. The van der Waals surface area contributed by atoms with Crippen LogP contribution in [0.25, 0.3) is 0 Å². The number of aliphatic hydroxyl groups is 1. The lowest BCUT2D eigenvalue weighted by Crippen LogP contribution is -2.46. The maximum Gasteiger partial charge on any atom is 0.573 e. The molecule has 1 heterocycles. The highest BCUT2D eigenvalue weighted by atomic mass is 19.4. The summed E-state index contributed by atoms with van der Waals surface area (Å²) in [5.41, 5.74) is 3.44. The molecule has 0 fully saturated rings. The van der Waals surface area contributed by atoms with E-state index in [1.54, 1.807) is 24.3 Å². The smallest absolute Gasteiger partial charge is 0.406 e. The number of halogens is 4. The van der Waals surface area contributed by atoms with Gasteiger partial charge in [-0.05, 0) is 47.5 Å². The van der Waals surface area contributed by atoms with Crippen molar-refractivity contribution in [1.29, 1.82) is 5.26 Å². The topological polar surface area (TPSA) is 59.7 Å². The highest BCUT2D eigenvalue weighted by molar-refractivity contribution is 5.75. The molecule has 0 aromatic heterocycles. The van der Waals surface area contributed by atoms with Gasteiger partial charge < -0.3 is 19.6 Å². The molecule has 0 bridgehead atoms. The molecule has 0 radical (unpaired) electrons. The van der Waals surface area contributed by atoms with Gasteiger partial charge in [-0.3, -0.25) is 0 Å². The standard InChI is InChI=1S/C26H23F4N3O2/c27-13-21(34)16-33-24-10-2-1-9-23(24)32(17-25(33)20-7-3-5-18(11-20)14-31)15-19-6-4-8-22(12-19)35-26(28,29)30/h1-12,21,25,34H,13,15-17H2/t21-,25-/m0/s1. The van der Waals surface area contributed by atoms with Crippen LogP contribution in [-0.4, -0.2) is 37.3 Å². The Balaban J connectivity index is 1.72. The Morgan fingerprint density at radius 1 is 1.03 bits per heavy atom. The number of para-hydroxylation sites is 2. The average molecular weight is 485 g/mol. The van der Waals surface area contributed by atoms with Gasteiger partial charge >= 0.3 is 6.36 Å². The van der Waals surface area contributed by atoms with E-state index in [9.17, 15) is 27.9 Å². The minimum Gasteiger partial charge on any atom is -0.406 e. The molecule has 4 rings (SSSR count). The third kappa shape index (κ3) is 5.84. The normalized spacial score (nSPS) is 16.4. The van der Waals surface area contributed by atoms with Crippen LogP contribution < -0.4 is 14.5 Å². The number of ether oxygens (including phenoxy) is 1. The SMILES string of the molecule is N#Cc1cccc([C@@H]2CN(Cc3cccc(OC(F)(F)F)c3)c3ccccc3N2C[C@@H](O)CF)c1. The second kappa shape index (κ2) is 10.2. The third-order valence-electron chi connectivity index (χ3n) is 5.79. The zero-order chi connectivity index (χ0) is 25.0. The van der Waals surface area contributed by atoms with Gasteiger partial charge in [0.25, 0.3) is 0 Å². The Kier molecular flexibility index (Phi) is 7.12. The quantitative estimate of drug-likeness (QED) is 0.457. The highest BCUT2D eigenvalue weighted by Crippen LogP contribution is 2.42. The average Bonchev–Trinajstić information content (AvgIpc) is 2.84. The number of rotatable bonds is 7. The second-order valence-corrected chi connectivity index (χ2v) is 8.28. The molecule has 1 aliphatic rings. The van der Waals surface area contributed by atoms with Gasteiger partial charge in [-0.2, -0.15) is 5.26 Å². The molecule has 1 aliphatic heterocycles. The molecule has 0 spiro atoms. The maximum absolute atomic E-state index is 13.3. The van der Waals surface area contributed by atoms with Crippen molar-refractivity contribution in [2.75, 3.05) is 29.6 Å². The molecule has 0 saturated heterocycles. The first-order chi connectivity index (χ1) is 16.8. The number of alkyl halides is 4. The number of aliphatic hydroxyl groups excluding tert-OH is 1. The summed E-state index contributed by atoms with van der Waals surface area (Å²) < 4.78 is 55.4. The summed E-state index contributed by atoms with van der Waals surface area (Å²) >= 11 is 0. The van der Waals surface area contributed by atoms with Crippen molar-refractivity contribution in [3.8, 4) is 11.8 Å². The third-order valence-corrected chi connectivity index (χ3v) is 5.79. The Morgan fingerprint density at radius 3 is 2.49 bits per heavy atom. The first-order valence-corrected chi connectivity index (χ1v) is 11.0. The van der Waals surface area contributed by atoms with Gasteiger partial charge in [0.1, 0.15) is 12.4 Å². The minimum absolute atomic E-state index is 0.0394. The first-order valence-electron chi connectivity index (χ1n) is 11.0. The number of anilines is 2. The molecule has 0 saturated carbocycles. The number of nitriles is 1. The van der Waals surface area contributed by atoms with E-state index in [4.69, 9.17) is 0 Å². The molecule has 2 atom stereocenters. The molecule has 5 nitrogen and oxygen atoms in total. The van der Waals surface area contributed by atoms with Gasteiger partial charge in [0.2, 0.25) is 0 Å². The molecule has 0 aliphatic carbocycles. The molecular formula is C26H23F4N3O2. The van der Waals surface area contributed by atoms with Crippen LogP contribution in [0.1, 0.15) is 22.7 Å². The van der Waals surface area contributed by atoms with Crippen LogP contribution in [-0.2, 0) is 6.54 Å². The van der Waals surface area contributed by atoms with E-state index < -0.39 is 19.1 Å². The number of hydrogen-bond acceptors (Lipinski definition) is 5. The van der Waals surface area contributed by atoms with E-state index in [0.717, 1.165) is 16.9 Å². The lowest BCUT2D eigenvalue weighted by atomic mass is 9.97. The Hall–Kier alpha value is -3.77. The molecular weight excluding hydrogens is 462 g/mol. The van der Waals surface area contributed by atoms with E-state index in [1.807, 2.05) is 40.1 Å². The fourth-order valence-corrected chi connectivity index (χ4v) is 4.36. The molecule has 1 N–H and O–H groups in total. The van der Waals surface area contributed by atoms with Crippen molar-refractivity contribution in [3.05, 3.63) is 89.5 Å². The monoisotopic (exact) mass is 485 g/mol. The van der Waals surface area contributed by atoms with Crippen molar-refractivity contribution < 1.29 is 27.4 Å². The van der Waals surface area contributed by atoms with Crippen LogP contribution in [0.4, 0.5) is 28.9 Å². The van der Waals surface area contributed by atoms with Crippen LogP contribution >= 0.6 is 0 Å². The zero-order valence-corrected chi connectivity index (χ0v) is 18.6. The second-order valence-electron chi connectivity index (χ2n) is 8.28. The summed E-state index contributed by atoms with van der Waals surface area (Å²) in [5, 5.41) is 19.5. The van der Waals surface area contributed by atoms with Gasteiger partial charge in [-0.15, -0.1) is 13.2 Å². The number of β-amino-alcohol motifs (C(OH)–C–C–N with tert-alkyl or cyclic N) is 1. The van der Waals surface area contributed by atoms with Crippen LogP contribution in [0.2, 0.25) is 0 Å². The van der Waals surface area contributed by atoms with Crippen molar-refractivity contribution in [1.82, 2.24) is 0 Å². The van der Waals surface area contributed by atoms with Gasteiger partial charge in [0, 0.05) is 19.6 Å². The molecule has 0 amide bonds. The van der Waals surface area contributed by atoms with Crippen molar-refractivity contribution in [2.45, 2.75) is 25.1 Å². The molecule has 9 heteroatoms. The molecule has 0 unspecified atom stereocenters. The zero-order valence-electron chi connectivity index (χ0n) is 18.6. The fourth-order valence-electron chi connectivity index (χ4n) is 4.36. The van der Waals surface area contributed by atoms with Crippen molar-refractivity contribution in [3.63, 3.8) is 0 Å². The number of fused-ring (bicyclic) bond motifs is 1. The van der Waals surface area contributed by atoms with Crippen LogP contribution in [0.15, 0.2) is 72.8 Å².